The summed E-state index contributed by atoms with van der Waals surface area (Å²) in [6.45, 7) is 7.97. The van der Waals surface area contributed by atoms with Crippen LogP contribution in [0.25, 0.3) is 0 Å². The Morgan fingerprint density at radius 1 is 1.07 bits per heavy atom. The molecule has 6 heteroatoms. The molecule has 1 aliphatic carbocycles. The van der Waals surface area contributed by atoms with Crippen molar-refractivity contribution in [3.05, 3.63) is 47.0 Å². The molecule has 0 amide bonds. The number of hydrogen-bond donors (Lipinski definition) is 3. The molecule has 1 saturated carbocycles. The molecular weight excluding hydrogens is 356 g/mol. The highest BCUT2D eigenvalue weighted by atomic mass is 16.4. The van der Waals surface area contributed by atoms with Crippen molar-refractivity contribution in [3.63, 3.8) is 0 Å². The molecule has 2 fully saturated rings. The van der Waals surface area contributed by atoms with E-state index in [4.69, 9.17) is 10.2 Å². The Kier molecular flexibility index (Phi) is 8.67. The summed E-state index contributed by atoms with van der Waals surface area (Å²) >= 11 is 0. The first kappa shape index (κ1) is 22.1. The Morgan fingerprint density at radius 2 is 1.71 bits per heavy atom. The fraction of sp³-hybridized carbons (Fsp3) is 0.545. The lowest BCUT2D eigenvalue weighted by atomic mass is 10.0. The monoisotopic (exact) mass is 388 g/mol. The van der Waals surface area contributed by atoms with Gasteiger partial charge in [-0.1, -0.05) is 36.6 Å². The Hall–Kier alpha value is -2.18. The third-order valence-corrected chi connectivity index (χ3v) is 5.52. The molecule has 3 N–H and O–H groups in total. The predicted molar refractivity (Wildman–Crippen MR) is 109 cm³/mol. The van der Waals surface area contributed by atoms with Crippen LogP contribution in [0.4, 0.5) is 0 Å². The quantitative estimate of drug-likeness (QED) is 0.649. The Morgan fingerprint density at radius 3 is 2.21 bits per heavy atom. The van der Waals surface area contributed by atoms with Crippen LogP contribution in [0.15, 0.2) is 30.4 Å². The number of benzene rings is 1. The molecule has 2 aliphatic rings. The maximum Gasteiger partial charge on any atom is 0.328 e. The first-order valence-corrected chi connectivity index (χ1v) is 10.0. The van der Waals surface area contributed by atoms with Crippen LogP contribution in [0.1, 0.15) is 48.8 Å². The van der Waals surface area contributed by atoms with Gasteiger partial charge < -0.3 is 15.5 Å². The number of nitrogens with zero attached hydrogens (tertiary/aromatic N) is 1. The van der Waals surface area contributed by atoms with Crippen LogP contribution in [0.2, 0.25) is 0 Å². The minimum atomic E-state index is -1.26. The van der Waals surface area contributed by atoms with Gasteiger partial charge in [-0.25, -0.2) is 9.59 Å². The Balaban J connectivity index is 0.000000300. The van der Waals surface area contributed by atoms with Crippen molar-refractivity contribution in [2.45, 2.75) is 64.6 Å². The molecule has 1 aromatic rings. The number of aryl methyl sites for hydroxylation is 2. The number of carboxylic acid groups (broad SMARTS) is 2. The van der Waals surface area contributed by atoms with Crippen molar-refractivity contribution < 1.29 is 19.8 Å². The SMILES string of the molecule is Cc1ccc(CN(C2CCCC2)[C@H]2CCNC2)c(C)c1.O=C(O)C=CC(=O)O. The molecule has 1 atom stereocenters. The van der Waals surface area contributed by atoms with Crippen molar-refractivity contribution in [1.82, 2.24) is 10.2 Å². The summed E-state index contributed by atoms with van der Waals surface area (Å²) in [7, 11) is 0. The van der Waals surface area contributed by atoms with E-state index in [1.165, 1.54) is 61.9 Å². The lowest BCUT2D eigenvalue weighted by Gasteiger charge is -2.34. The van der Waals surface area contributed by atoms with E-state index in [1.807, 2.05) is 0 Å². The van der Waals surface area contributed by atoms with Gasteiger partial charge in [0, 0.05) is 37.3 Å². The van der Waals surface area contributed by atoms with E-state index in [9.17, 15) is 9.59 Å². The van der Waals surface area contributed by atoms with Crippen LogP contribution < -0.4 is 5.32 Å². The van der Waals surface area contributed by atoms with Crippen molar-refractivity contribution >= 4 is 11.9 Å². The molecule has 1 aliphatic heterocycles. The van der Waals surface area contributed by atoms with Gasteiger partial charge in [-0.05, 0) is 50.8 Å². The summed E-state index contributed by atoms with van der Waals surface area (Å²) in [6, 6.07) is 8.51. The molecule has 1 aromatic carbocycles. The largest absolute Gasteiger partial charge is 0.478 e. The maximum atomic E-state index is 9.55. The number of carbonyl (C=O) groups is 2. The third-order valence-electron chi connectivity index (χ3n) is 5.52. The number of rotatable bonds is 6. The molecule has 0 spiro atoms. The molecule has 0 radical (unpaired) electrons. The highest BCUT2D eigenvalue weighted by Crippen LogP contribution is 2.29. The first-order chi connectivity index (χ1) is 13.4. The Labute approximate surface area is 167 Å². The second kappa shape index (κ2) is 11.0. The van der Waals surface area contributed by atoms with E-state index in [1.54, 1.807) is 0 Å². The zero-order valence-corrected chi connectivity index (χ0v) is 16.9. The van der Waals surface area contributed by atoms with E-state index in [2.05, 4.69) is 42.3 Å². The number of hydrogen-bond acceptors (Lipinski definition) is 4. The van der Waals surface area contributed by atoms with Crippen LogP contribution in [0, 0.1) is 13.8 Å². The van der Waals surface area contributed by atoms with Gasteiger partial charge in [0.05, 0.1) is 0 Å². The molecule has 0 aromatic heterocycles. The summed E-state index contributed by atoms with van der Waals surface area (Å²) in [4.78, 5) is 21.9. The van der Waals surface area contributed by atoms with E-state index >= 15 is 0 Å². The van der Waals surface area contributed by atoms with Crippen LogP contribution >= 0.6 is 0 Å². The minimum Gasteiger partial charge on any atom is -0.478 e. The topological polar surface area (TPSA) is 89.9 Å². The van der Waals surface area contributed by atoms with Gasteiger partial charge in [0.15, 0.2) is 0 Å². The summed E-state index contributed by atoms with van der Waals surface area (Å²) in [6.07, 6.45) is 8.09. The fourth-order valence-electron chi connectivity index (χ4n) is 4.08. The Bertz CT molecular complexity index is 658. The summed E-state index contributed by atoms with van der Waals surface area (Å²) in [5, 5.41) is 19.2. The van der Waals surface area contributed by atoms with Crippen LogP contribution in [-0.4, -0.2) is 52.2 Å². The molecular formula is C22H32N2O4. The highest BCUT2D eigenvalue weighted by molar-refractivity contribution is 5.89. The number of carboxylic acids is 2. The number of nitrogens with one attached hydrogen (secondary N) is 1. The van der Waals surface area contributed by atoms with Crippen LogP contribution in [0.5, 0.6) is 0 Å². The van der Waals surface area contributed by atoms with E-state index in [0.29, 0.717) is 12.2 Å². The lowest BCUT2D eigenvalue weighted by molar-refractivity contribution is -0.134. The van der Waals surface area contributed by atoms with Gasteiger partial charge in [-0.3, -0.25) is 4.90 Å². The van der Waals surface area contributed by atoms with E-state index < -0.39 is 11.9 Å². The molecule has 3 rings (SSSR count). The first-order valence-electron chi connectivity index (χ1n) is 10.0. The van der Waals surface area contributed by atoms with E-state index in [0.717, 1.165) is 18.6 Å². The lowest BCUT2D eigenvalue weighted by Crippen LogP contribution is -2.42. The minimum absolute atomic E-state index is 0.558. The smallest absolute Gasteiger partial charge is 0.328 e. The van der Waals surface area contributed by atoms with Gasteiger partial charge in [0.2, 0.25) is 0 Å². The molecule has 1 heterocycles. The fourth-order valence-corrected chi connectivity index (χ4v) is 4.08. The number of aliphatic carboxylic acids is 2. The average molecular weight is 389 g/mol. The van der Waals surface area contributed by atoms with Crippen molar-refractivity contribution in [2.24, 2.45) is 0 Å². The molecule has 1 saturated heterocycles. The van der Waals surface area contributed by atoms with Gasteiger partial charge in [-0.2, -0.15) is 0 Å². The highest BCUT2D eigenvalue weighted by Gasteiger charge is 2.30. The van der Waals surface area contributed by atoms with Crippen LogP contribution in [0.3, 0.4) is 0 Å². The molecule has 154 valence electrons. The van der Waals surface area contributed by atoms with Crippen molar-refractivity contribution in [2.75, 3.05) is 13.1 Å². The molecule has 6 nitrogen and oxygen atoms in total. The van der Waals surface area contributed by atoms with Gasteiger partial charge in [0.25, 0.3) is 0 Å². The van der Waals surface area contributed by atoms with Crippen LogP contribution in [-0.2, 0) is 16.1 Å². The van der Waals surface area contributed by atoms with Gasteiger partial charge in [0.1, 0.15) is 0 Å². The van der Waals surface area contributed by atoms with Gasteiger partial charge in [-0.15, -0.1) is 0 Å². The van der Waals surface area contributed by atoms with Crippen molar-refractivity contribution in [3.8, 4) is 0 Å². The normalized spacial score (nSPS) is 19.8. The molecule has 0 bridgehead atoms. The zero-order valence-electron chi connectivity index (χ0n) is 16.9. The third kappa shape index (κ3) is 7.09. The van der Waals surface area contributed by atoms with Gasteiger partial charge >= 0.3 is 11.9 Å². The molecule has 0 unspecified atom stereocenters. The second-order valence-corrected chi connectivity index (χ2v) is 7.70. The second-order valence-electron chi connectivity index (χ2n) is 7.70. The van der Waals surface area contributed by atoms with Crippen molar-refractivity contribution in [1.29, 1.82) is 0 Å². The predicted octanol–water partition coefficient (Wildman–Crippen LogP) is 3.12. The summed E-state index contributed by atoms with van der Waals surface area (Å²) < 4.78 is 0. The average Bonchev–Trinajstić information content (AvgIpc) is 3.34. The summed E-state index contributed by atoms with van der Waals surface area (Å²) in [5.74, 6) is -2.51. The standard InChI is InChI=1S/C18H28N2.C4H4O4/c1-14-7-8-16(15(2)11-14)13-20(17-5-3-4-6-17)18-9-10-19-12-18;5-3(6)1-2-4(7)8/h7-8,11,17-19H,3-6,9-10,12-13H2,1-2H3;1-2H,(H,5,6)(H,7,8)/t18-;/m0./s1. The van der Waals surface area contributed by atoms with E-state index in [-0.39, 0.29) is 0 Å². The zero-order chi connectivity index (χ0) is 20.5. The summed E-state index contributed by atoms with van der Waals surface area (Å²) in [5.41, 5.74) is 4.36. The molecule has 28 heavy (non-hydrogen) atoms. The maximum absolute atomic E-state index is 9.55.